The molecule has 3 rings (SSSR count). The highest BCUT2D eigenvalue weighted by Gasteiger charge is 2.42. The molecule has 2 heterocycles. The standard InChI is InChI=1S/C21H26N2O3/c1-21(25,16-8-11-18(26-2)12-9-16)19-7-5-15-23(19)20(24)13-10-17-6-3-4-14-22-17/h3-4,6,8-9,11-12,14,19,25H,5,7,10,13,15H2,1-2H3/t19-,21-/m0/s1. The molecule has 1 aromatic heterocycles. The fourth-order valence-electron chi connectivity index (χ4n) is 3.70. The van der Waals surface area contributed by atoms with Gasteiger partial charge in [-0.2, -0.15) is 0 Å². The van der Waals surface area contributed by atoms with Gasteiger partial charge in [0.15, 0.2) is 0 Å². The molecule has 26 heavy (non-hydrogen) atoms. The summed E-state index contributed by atoms with van der Waals surface area (Å²) in [5.41, 5.74) is 0.620. The average Bonchev–Trinajstić information content (AvgIpc) is 3.18. The molecule has 5 nitrogen and oxygen atoms in total. The van der Waals surface area contributed by atoms with Crippen molar-refractivity contribution in [1.82, 2.24) is 9.88 Å². The zero-order valence-electron chi connectivity index (χ0n) is 15.4. The van der Waals surface area contributed by atoms with E-state index in [0.717, 1.165) is 29.8 Å². The fraction of sp³-hybridized carbons (Fsp3) is 0.429. The molecule has 0 aliphatic carbocycles. The first-order chi connectivity index (χ1) is 12.5. The van der Waals surface area contributed by atoms with Gasteiger partial charge in [-0.1, -0.05) is 18.2 Å². The van der Waals surface area contributed by atoms with Crippen molar-refractivity contribution in [3.8, 4) is 5.75 Å². The van der Waals surface area contributed by atoms with Crippen LogP contribution in [0.25, 0.3) is 0 Å². The summed E-state index contributed by atoms with van der Waals surface area (Å²) in [6.45, 7) is 2.49. The van der Waals surface area contributed by atoms with Crippen molar-refractivity contribution in [3.63, 3.8) is 0 Å². The highest BCUT2D eigenvalue weighted by molar-refractivity contribution is 5.77. The quantitative estimate of drug-likeness (QED) is 0.866. The predicted octanol–water partition coefficient (Wildman–Crippen LogP) is 2.92. The molecule has 1 saturated heterocycles. The molecule has 1 amide bonds. The lowest BCUT2D eigenvalue weighted by Crippen LogP contribution is -2.48. The molecule has 0 saturated carbocycles. The Kier molecular flexibility index (Phi) is 5.57. The van der Waals surface area contributed by atoms with E-state index >= 15 is 0 Å². The number of aryl methyl sites for hydroxylation is 1. The predicted molar refractivity (Wildman–Crippen MR) is 99.9 cm³/mol. The number of benzene rings is 1. The van der Waals surface area contributed by atoms with E-state index < -0.39 is 5.60 Å². The summed E-state index contributed by atoms with van der Waals surface area (Å²) in [6.07, 6.45) is 4.48. The van der Waals surface area contributed by atoms with E-state index in [4.69, 9.17) is 4.74 Å². The van der Waals surface area contributed by atoms with Crippen molar-refractivity contribution >= 4 is 5.91 Å². The molecule has 1 fully saturated rings. The van der Waals surface area contributed by atoms with Gasteiger partial charge in [0, 0.05) is 24.9 Å². The summed E-state index contributed by atoms with van der Waals surface area (Å²) >= 11 is 0. The SMILES string of the molecule is COc1ccc([C@](C)(O)[C@@H]2CCCN2C(=O)CCc2ccccn2)cc1. The van der Waals surface area contributed by atoms with E-state index in [-0.39, 0.29) is 11.9 Å². The van der Waals surface area contributed by atoms with Crippen LogP contribution in [0, 0.1) is 0 Å². The zero-order valence-corrected chi connectivity index (χ0v) is 15.4. The van der Waals surface area contributed by atoms with Crippen molar-refractivity contribution in [2.45, 2.75) is 44.2 Å². The number of likely N-dealkylation sites (tertiary alicyclic amines) is 1. The van der Waals surface area contributed by atoms with E-state index in [9.17, 15) is 9.90 Å². The molecule has 2 aromatic rings. The molecule has 1 aromatic carbocycles. The molecule has 0 unspecified atom stereocenters. The summed E-state index contributed by atoms with van der Waals surface area (Å²) in [6, 6.07) is 12.9. The van der Waals surface area contributed by atoms with Crippen LogP contribution in [0.1, 0.15) is 37.4 Å². The largest absolute Gasteiger partial charge is 0.497 e. The van der Waals surface area contributed by atoms with Crippen LogP contribution in [-0.2, 0) is 16.8 Å². The fourth-order valence-corrected chi connectivity index (χ4v) is 3.70. The first-order valence-corrected chi connectivity index (χ1v) is 9.08. The third kappa shape index (κ3) is 3.88. The van der Waals surface area contributed by atoms with Crippen LogP contribution in [0.2, 0.25) is 0 Å². The van der Waals surface area contributed by atoms with Crippen LogP contribution in [0.15, 0.2) is 48.7 Å². The minimum atomic E-state index is -1.09. The molecule has 138 valence electrons. The lowest BCUT2D eigenvalue weighted by atomic mass is 9.86. The van der Waals surface area contributed by atoms with Crippen molar-refractivity contribution in [3.05, 3.63) is 59.9 Å². The molecule has 1 N–H and O–H groups in total. The first-order valence-electron chi connectivity index (χ1n) is 9.08. The molecule has 1 aliphatic rings. The number of hydrogen-bond donors (Lipinski definition) is 1. The minimum Gasteiger partial charge on any atom is -0.497 e. The average molecular weight is 354 g/mol. The van der Waals surface area contributed by atoms with Gasteiger partial charge in [-0.15, -0.1) is 0 Å². The number of methoxy groups -OCH3 is 1. The van der Waals surface area contributed by atoms with E-state index in [1.807, 2.05) is 47.4 Å². The van der Waals surface area contributed by atoms with Gasteiger partial charge in [0.2, 0.25) is 5.91 Å². The van der Waals surface area contributed by atoms with Crippen LogP contribution in [-0.4, -0.2) is 40.6 Å². The maximum atomic E-state index is 12.8. The maximum Gasteiger partial charge on any atom is 0.223 e. The number of pyridine rings is 1. The number of hydrogen-bond acceptors (Lipinski definition) is 4. The van der Waals surface area contributed by atoms with Crippen LogP contribution in [0.4, 0.5) is 0 Å². The van der Waals surface area contributed by atoms with Gasteiger partial charge >= 0.3 is 0 Å². The molecule has 5 heteroatoms. The van der Waals surface area contributed by atoms with Crippen LogP contribution >= 0.6 is 0 Å². The Labute approximate surface area is 154 Å². The molecule has 0 bridgehead atoms. The number of nitrogens with zero attached hydrogens (tertiary/aromatic N) is 2. The molecular formula is C21H26N2O3. The van der Waals surface area contributed by atoms with Crippen LogP contribution in [0.3, 0.4) is 0 Å². The zero-order chi connectivity index (χ0) is 18.6. The smallest absolute Gasteiger partial charge is 0.223 e. The maximum absolute atomic E-state index is 12.8. The highest BCUT2D eigenvalue weighted by Crippen LogP contribution is 2.35. The van der Waals surface area contributed by atoms with E-state index in [1.54, 1.807) is 20.2 Å². The van der Waals surface area contributed by atoms with Gasteiger partial charge in [-0.05, 0) is 56.0 Å². The Balaban J connectivity index is 1.70. The molecule has 2 atom stereocenters. The number of aliphatic hydroxyl groups is 1. The normalized spacial score (nSPS) is 19.2. The van der Waals surface area contributed by atoms with Crippen molar-refractivity contribution in [2.75, 3.05) is 13.7 Å². The van der Waals surface area contributed by atoms with E-state index in [2.05, 4.69) is 4.98 Å². The number of amides is 1. The van der Waals surface area contributed by atoms with Crippen molar-refractivity contribution in [1.29, 1.82) is 0 Å². The summed E-state index contributed by atoms with van der Waals surface area (Å²) < 4.78 is 5.19. The monoisotopic (exact) mass is 354 g/mol. The lowest BCUT2D eigenvalue weighted by Gasteiger charge is -2.37. The highest BCUT2D eigenvalue weighted by atomic mass is 16.5. The first kappa shape index (κ1) is 18.4. The van der Waals surface area contributed by atoms with Gasteiger partial charge in [0.1, 0.15) is 11.4 Å². The summed E-state index contributed by atoms with van der Waals surface area (Å²) in [7, 11) is 1.62. The number of aromatic nitrogens is 1. The Morgan fingerprint density at radius 2 is 2.08 bits per heavy atom. The molecule has 1 aliphatic heterocycles. The summed E-state index contributed by atoms with van der Waals surface area (Å²) in [4.78, 5) is 18.9. The van der Waals surface area contributed by atoms with Gasteiger partial charge in [-0.25, -0.2) is 0 Å². The number of carbonyl (C=O) groups excluding carboxylic acids is 1. The second-order valence-electron chi connectivity index (χ2n) is 6.94. The number of rotatable bonds is 6. The topological polar surface area (TPSA) is 62.7 Å². The Morgan fingerprint density at radius 1 is 1.31 bits per heavy atom. The summed E-state index contributed by atoms with van der Waals surface area (Å²) in [5, 5.41) is 11.2. The second-order valence-corrected chi connectivity index (χ2v) is 6.94. The van der Waals surface area contributed by atoms with Gasteiger partial charge in [0.25, 0.3) is 0 Å². The Bertz CT molecular complexity index is 729. The lowest BCUT2D eigenvalue weighted by molar-refractivity contribution is -0.137. The van der Waals surface area contributed by atoms with Gasteiger partial charge in [-0.3, -0.25) is 9.78 Å². The molecule has 0 spiro atoms. The Hall–Kier alpha value is -2.40. The van der Waals surface area contributed by atoms with Crippen LogP contribution < -0.4 is 4.74 Å². The van der Waals surface area contributed by atoms with E-state index in [0.29, 0.717) is 19.4 Å². The molecule has 0 radical (unpaired) electrons. The molecular weight excluding hydrogens is 328 g/mol. The number of carbonyl (C=O) groups is 1. The van der Waals surface area contributed by atoms with Gasteiger partial charge in [0.05, 0.1) is 13.2 Å². The summed E-state index contributed by atoms with van der Waals surface area (Å²) in [5.74, 6) is 0.825. The second kappa shape index (κ2) is 7.87. The van der Waals surface area contributed by atoms with Crippen molar-refractivity contribution < 1.29 is 14.6 Å². The van der Waals surface area contributed by atoms with Gasteiger partial charge < -0.3 is 14.7 Å². The third-order valence-electron chi connectivity index (χ3n) is 5.22. The number of ether oxygens (including phenoxy) is 1. The van der Waals surface area contributed by atoms with Crippen LogP contribution in [0.5, 0.6) is 5.75 Å². The third-order valence-corrected chi connectivity index (χ3v) is 5.22. The Morgan fingerprint density at radius 3 is 2.73 bits per heavy atom. The van der Waals surface area contributed by atoms with E-state index in [1.165, 1.54) is 0 Å². The minimum absolute atomic E-state index is 0.0759. The van der Waals surface area contributed by atoms with Crippen molar-refractivity contribution in [2.24, 2.45) is 0 Å².